The lowest BCUT2D eigenvalue weighted by molar-refractivity contribution is -0.123. The number of fused-ring (bicyclic) bond motifs is 1. The minimum Gasteiger partial charge on any atom is -0.493 e. The molecule has 6 nitrogen and oxygen atoms in total. The highest BCUT2D eigenvalue weighted by atomic mass is 16.5. The summed E-state index contributed by atoms with van der Waals surface area (Å²) in [6, 6.07) is 9.65. The van der Waals surface area contributed by atoms with Gasteiger partial charge in [-0.2, -0.15) is 5.10 Å². The number of hydrogen-bond donors (Lipinski definition) is 2. The fourth-order valence-corrected chi connectivity index (χ4v) is 3.03. The molecule has 3 rings (SSSR count). The lowest BCUT2D eigenvalue weighted by atomic mass is 10.0. The summed E-state index contributed by atoms with van der Waals surface area (Å²) in [6.45, 7) is 5.29. The van der Waals surface area contributed by atoms with Crippen molar-refractivity contribution in [3.63, 3.8) is 0 Å². The number of carbonyl (C=O) groups excluding carboxylic acids is 1. The Morgan fingerprint density at radius 2 is 2.21 bits per heavy atom. The van der Waals surface area contributed by atoms with E-state index in [0.29, 0.717) is 6.61 Å². The second-order valence-electron chi connectivity index (χ2n) is 6.25. The molecule has 1 aromatic heterocycles. The maximum Gasteiger partial charge on any atom is 0.237 e. The standard InChI is InChI=1S/C18H24N4O2/c1-13(12-22-10-5-9-19-22)20-14(2)18(23)21-16-8-11-24-17-7-4-3-6-15(16)17/h3-7,9-10,13-14,16,20H,8,11-12H2,1-2H3,(H,21,23). The monoisotopic (exact) mass is 328 g/mol. The Bertz CT molecular complexity index is 671. The van der Waals surface area contributed by atoms with Crippen molar-refractivity contribution in [2.45, 2.75) is 44.9 Å². The highest BCUT2D eigenvalue weighted by Crippen LogP contribution is 2.31. The van der Waals surface area contributed by atoms with Gasteiger partial charge in [0.2, 0.25) is 5.91 Å². The second-order valence-corrected chi connectivity index (χ2v) is 6.25. The lowest BCUT2D eigenvalue weighted by Crippen LogP contribution is -2.48. The van der Waals surface area contributed by atoms with E-state index in [0.717, 1.165) is 24.3 Å². The van der Waals surface area contributed by atoms with Crippen LogP contribution in [0, 0.1) is 0 Å². The first-order chi connectivity index (χ1) is 11.6. The Labute approximate surface area is 142 Å². The van der Waals surface area contributed by atoms with E-state index in [1.54, 1.807) is 6.20 Å². The Morgan fingerprint density at radius 1 is 1.38 bits per heavy atom. The zero-order valence-corrected chi connectivity index (χ0v) is 14.1. The molecule has 3 unspecified atom stereocenters. The predicted molar refractivity (Wildman–Crippen MR) is 91.7 cm³/mol. The van der Waals surface area contributed by atoms with E-state index in [9.17, 15) is 4.79 Å². The van der Waals surface area contributed by atoms with Gasteiger partial charge in [0.15, 0.2) is 0 Å². The second kappa shape index (κ2) is 7.49. The molecule has 0 saturated carbocycles. The van der Waals surface area contributed by atoms with Crippen molar-refractivity contribution in [2.24, 2.45) is 0 Å². The Morgan fingerprint density at radius 3 is 3.00 bits per heavy atom. The third kappa shape index (κ3) is 3.94. The fourth-order valence-electron chi connectivity index (χ4n) is 3.03. The molecule has 128 valence electrons. The number of nitrogens with one attached hydrogen (secondary N) is 2. The molecule has 2 aromatic rings. The van der Waals surface area contributed by atoms with Crippen LogP contribution in [0.25, 0.3) is 0 Å². The molecule has 3 atom stereocenters. The molecule has 1 aromatic carbocycles. The molecule has 2 heterocycles. The van der Waals surface area contributed by atoms with Crippen molar-refractivity contribution in [3.8, 4) is 5.75 Å². The van der Waals surface area contributed by atoms with Crippen LogP contribution in [0.2, 0.25) is 0 Å². The van der Waals surface area contributed by atoms with Crippen LogP contribution in [-0.4, -0.2) is 34.4 Å². The summed E-state index contributed by atoms with van der Waals surface area (Å²) in [6.07, 6.45) is 4.46. The molecule has 1 aliphatic heterocycles. The van der Waals surface area contributed by atoms with Crippen molar-refractivity contribution in [3.05, 3.63) is 48.3 Å². The van der Waals surface area contributed by atoms with Gasteiger partial charge in [0.25, 0.3) is 0 Å². The van der Waals surface area contributed by atoms with Gasteiger partial charge in [-0.05, 0) is 26.0 Å². The summed E-state index contributed by atoms with van der Waals surface area (Å²) in [5.41, 5.74) is 1.05. The van der Waals surface area contributed by atoms with E-state index in [-0.39, 0.29) is 24.0 Å². The third-order valence-corrected chi connectivity index (χ3v) is 4.22. The van der Waals surface area contributed by atoms with E-state index in [4.69, 9.17) is 4.74 Å². The van der Waals surface area contributed by atoms with Gasteiger partial charge in [0.05, 0.1) is 25.2 Å². The van der Waals surface area contributed by atoms with Crippen LogP contribution in [0.4, 0.5) is 0 Å². The number of benzene rings is 1. The highest BCUT2D eigenvalue weighted by molar-refractivity contribution is 5.81. The zero-order valence-electron chi connectivity index (χ0n) is 14.1. The van der Waals surface area contributed by atoms with E-state index in [2.05, 4.69) is 22.7 Å². The lowest BCUT2D eigenvalue weighted by Gasteiger charge is -2.28. The number of amides is 1. The molecular weight excluding hydrogens is 304 g/mol. The Balaban J connectivity index is 1.55. The van der Waals surface area contributed by atoms with Gasteiger partial charge < -0.3 is 15.4 Å². The van der Waals surface area contributed by atoms with Crippen LogP contribution in [0.1, 0.15) is 31.9 Å². The molecule has 0 aliphatic carbocycles. The Kier molecular flexibility index (Phi) is 5.15. The maximum atomic E-state index is 12.5. The van der Waals surface area contributed by atoms with Crippen molar-refractivity contribution in [1.82, 2.24) is 20.4 Å². The summed E-state index contributed by atoms with van der Waals surface area (Å²) in [4.78, 5) is 12.5. The minimum atomic E-state index is -0.273. The van der Waals surface area contributed by atoms with Crippen LogP contribution in [0.3, 0.4) is 0 Å². The van der Waals surface area contributed by atoms with Crippen LogP contribution in [-0.2, 0) is 11.3 Å². The van der Waals surface area contributed by atoms with Crippen LogP contribution < -0.4 is 15.4 Å². The maximum absolute atomic E-state index is 12.5. The van der Waals surface area contributed by atoms with Gasteiger partial charge in [-0.25, -0.2) is 0 Å². The zero-order chi connectivity index (χ0) is 16.9. The molecule has 6 heteroatoms. The molecule has 0 saturated heterocycles. The SMILES string of the molecule is CC(Cn1cccn1)NC(C)C(=O)NC1CCOc2ccccc21. The van der Waals surface area contributed by atoms with E-state index >= 15 is 0 Å². The first-order valence-electron chi connectivity index (χ1n) is 8.39. The molecule has 0 radical (unpaired) electrons. The summed E-state index contributed by atoms with van der Waals surface area (Å²) < 4.78 is 7.50. The molecule has 1 amide bonds. The average Bonchev–Trinajstić information content (AvgIpc) is 3.08. The smallest absolute Gasteiger partial charge is 0.237 e. The number of rotatable bonds is 6. The van der Waals surface area contributed by atoms with Gasteiger partial charge in [0, 0.05) is 30.4 Å². The largest absolute Gasteiger partial charge is 0.493 e. The molecule has 1 aliphatic rings. The molecule has 0 bridgehead atoms. The fraction of sp³-hybridized carbons (Fsp3) is 0.444. The van der Waals surface area contributed by atoms with Crippen molar-refractivity contribution >= 4 is 5.91 Å². The molecule has 2 N–H and O–H groups in total. The molecule has 0 spiro atoms. The first kappa shape index (κ1) is 16.5. The first-order valence-corrected chi connectivity index (χ1v) is 8.39. The number of carbonyl (C=O) groups is 1. The number of hydrogen-bond acceptors (Lipinski definition) is 4. The third-order valence-electron chi connectivity index (χ3n) is 4.22. The van der Waals surface area contributed by atoms with Crippen LogP contribution in [0.15, 0.2) is 42.7 Å². The summed E-state index contributed by atoms with van der Waals surface area (Å²) in [7, 11) is 0. The topological polar surface area (TPSA) is 68.2 Å². The summed E-state index contributed by atoms with van der Waals surface area (Å²) in [5.74, 6) is 0.866. The van der Waals surface area contributed by atoms with Gasteiger partial charge in [-0.15, -0.1) is 0 Å². The number of nitrogens with zero attached hydrogens (tertiary/aromatic N) is 2. The van der Waals surface area contributed by atoms with E-state index in [1.165, 1.54) is 0 Å². The number of para-hydroxylation sites is 1. The van der Waals surface area contributed by atoms with E-state index in [1.807, 2.05) is 48.1 Å². The van der Waals surface area contributed by atoms with Gasteiger partial charge in [0.1, 0.15) is 5.75 Å². The van der Waals surface area contributed by atoms with Crippen molar-refractivity contribution in [2.75, 3.05) is 6.61 Å². The average molecular weight is 328 g/mol. The van der Waals surface area contributed by atoms with Gasteiger partial charge in [-0.3, -0.25) is 9.48 Å². The van der Waals surface area contributed by atoms with Crippen LogP contribution in [0.5, 0.6) is 5.75 Å². The van der Waals surface area contributed by atoms with Crippen molar-refractivity contribution in [1.29, 1.82) is 0 Å². The van der Waals surface area contributed by atoms with Gasteiger partial charge in [-0.1, -0.05) is 18.2 Å². The van der Waals surface area contributed by atoms with Crippen molar-refractivity contribution < 1.29 is 9.53 Å². The highest BCUT2D eigenvalue weighted by Gasteiger charge is 2.25. The summed E-state index contributed by atoms with van der Waals surface area (Å²) >= 11 is 0. The summed E-state index contributed by atoms with van der Waals surface area (Å²) in [5, 5.41) is 10.7. The predicted octanol–water partition coefficient (Wildman–Crippen LogP) is 1.89. The van der Waals surface area contributed by atoms with E-state index < -0.39 is 0 Å². The van der Waals surface area contributed by atoms with Gasteiger partial charge >= 0.3 is 0 Å². The normalized spacial score (nSPS) is 19.0. The quantitative estimate of drug-likeness (QED) is 0.850. The minimum absolute atomic E-state index is 0.00372. The van der Waals surface area contributed by atoms with Crippen LogP contribution >= 0.6 is 0 Å². The Hall–Kier alpha value is -2.34. The molecular formula is C18H24N4O2. The number of ether oxygens (including phenoxy) is 1. The molecule has 24 heavy (non-hydrogen) atoms. The molecule has 0 fully saturated rings. The number of aromatic nitrogens is 2.